The van der Waals surface area contributed by atoms with E-state index >= 15 is 0 Å². The summed E-state index contributed by atoms with van der Waals surface area (Å²) in [5, 5.41) is 5.49. The Labute approximate surface area is 220 Å². The first-order valence-electron chi connectivity index (χ1n) is 10.9. The first-order valence-corrected chi connectivity index (χ1v) is 14.1. The third-order valence-corrected chi connectivity index (χ3v) is 8.38. The van der Waals surface area contributed by atoms with E-state index in [9.17, 15) is 13.2 Å². The molecular formula is C24H20ClN7O3S2. The second kappa shape index (κ2) is 9.54. The first-order chi connectivity index (χ1) is 17.6. The van der Waals surface area contributed by atoms with Crippen molar-refractivity contribution in [3.63, 3.8) is 0 Å². The van der Waals surface area contributed by atoms with Crippen molar-refractivity contribution < 1.29 is 8.42 Å². The number of hydrogen-bond donors (Lipinski definition) is 2. The summed E-state index contributed by atoms with van der Waals surface area (Å²) in [7, 11) is -3.48. The van der Waals surface area contributed by atoms with Crippen LogP contribution in [0.25, 0.3) is 27.8 Å². The number of halogens is 1. The van der Waals surface area contributed by atoms with Crippen LogP contribution in [0, 0.1) is 0 Å². The number of para-hydroxylation sites is 1. The Kier molecular flexibility index (Phi) is 6.40. The highest BCUT2D eigenvalue weighted by Crippen LogP contribution is 2.32. The highest BCUT2D eigenvalue weighted by Gasteiger charge is 2.22. The van der Waals surface area contributed by atoms with Crippen LogP contribution in [0.4, 0.5) is 11.8 Å². The summed E-state index contributed by atoms with van der Waals surface area (Å²) >= 11 is 7.37. The molecule has 5 rings (SSSR count). The number of rotatable bonds is 6. The van der Waals surface area contributed by atoms with Crippen molar-refractivity contribution in [1.82, 2.24) is 24.5 Å². The molecule has 37 heavy (non-hydrogen) atoms. The Bertz CT molecular complexity index is 1800. The van der Waals surface area contributed by atoms with Gasteiger partial charge in [0.2, 0.25) is 20.1 Å². The van der Waals surface area contributed by atoms with Gasteiger partial charge in [-0.1, -0.05) is 35.9 Å². The van der Waals surface area contributed by atoms with Gasteiger partial charge in [0.1, 0.15) is 11.6 Å². The zero-order chi connectivity index (χ0) is 26.3. The molecule has 0 saturated heterocycles. The SMILES string of the molecule is C[C@H](Nc1nc(N)ncc1-c1csc(S(C)(=O)=O)n1)c1nc2cccc(Cl)c2c(=O)n1-c1ccccc1. The molecular weight excluding hydrogens is 534 g/mol. The normalized spacial score (nSPS) is 12.5. The van der Waals surface area contributed by atoms with Gasteiger partial charge in [-0.3, -0.25) is 9.36 Å². The summed E-state index contributed by atoms with van der Waals surface area (Å²) < 4.78 is 25.4. The summed E-state index contributed by atoms with van der Waals surface area (Å²) in [6.07, 6.45) is 2.56. The largest absolute Gasteiger partial charge is 0.368 e. The van der Waals surface area contributed by atoms with Gasteiger partial charge in [-0.25, -0.2) is 23.4 Å². The molecule has 0 aliphatic heterocycles. The molecule has 1 atom stereocenters. The molecule has 0 aliphatic carbocycles. The average Bonchev–Trinajstić information content (AvgIpc) is 3.35. The summed E-state index contributed by atoms with van der Waals surface area (Å²) in [6.45, 7) is 1.82. The van der Waals surface area contributed by atoms with E-state index in [1.807, 2.05) is 25.1 Å². The second-order valence-corrected chi connectivity index (χ2v) is 11.7. The van der Waals surface area contributed by atoms with E-state index in [0.717, 1.165) is 17.6 Å². The Hall–Kier alpha value is -3.87. The van der Waals surface area contributed by atoms with Crippen LogP contribution in [0.1, 0.15) is 18.8 Å². The monoisotopic (exact) mass is 553 g/mol. The highest BCUT2D eigenvalue weighted by atomic mass is 35.5. The molecule has 3 N–H and O–H groups in total. The van der Waals surface area contributed by atoms with E-state index < -0.39 is 15.9 Å². The molecule has 10 nitrogen and oxygen atoms in total. The number of sulfone groups is 1. The fourth-order valence-corrected chi connectivity index (χ4v) is 5.74. The zero-order valence-electron chi connectivity index (χ0n) is 19.6. The third-order valence-electron chi connectivity index (χ3n) is 5.51. The minimum Gasteiger partial charge on any atom is -0.368 e. The minimum atomic E-state index is -3.48. The molecule has 3 aromatic heterocycles. The van der Waals surface area contributed by atoms with Crippen molar-refractivity contribution in [3.8, 4) is 16.9 Å². The number of benzene rings is 2. The molecule has 5 aromatic rings. The number of nitrogens with one attached hydrogen (secondary N) is 1. The Morgan fingerprint density at radius 2 is 1.84 bits per heavy atom. The lowest BCUT2D eigenvalue weighted by atomic mass is 10.2. The van der Waals surface area contributed by atoms with Gasteiger partial charge in [0.25, 0.3) is 5.56 Å². The highest BCUT2D eigenvalue weighted by molar-refractivity contribution is 7.92. The average molecular weight is 554 g/mol. The summed E-state index contributed by atoms with van der Waals surface area (Å²) in [4.78, 5) is 31.1. The van der Waals surface area contributed by atoms with Gasteiger partial charge in [0.15, 0.2) is 0 Å². The number of nitrogens with two attached hydrogens (primary N) is 1. The maximum Gasteiger partial charge on any atom is 0.267 e. The summed E-state index contributed by atoms with van der Waals surface area (Å²) in [5.74, 6) is 0.727. The van der Waals surface area contributed by atoms with Gasteiger partial charge in [0.05, 0.1) is 38.9 Å². The van der Waals surface area contributed by atoms with E-state index in [1.54, 1.807) is 35.7 Å². The maximum atomic E-state index is 13.7. The van der Waals surface area contributed by atoms with Crippen molar-refractivity contribution in [2.24, 2.45) is 0 Å². The lowest BCUT2D eigenvalue weighted by molar-refractivity contribution is 0.601. The van der Waals surface area contributed by atoms with E-state index in [-0.39, 0.29) is 15.8 Å². The number of thiazole rings is 1. The van der Waals surface area contributed by atoms with E-state index in [0.29, 0.717) is 44.5 Å². The van der Waals surface area contributed by atoms with Crippen LogP contribution < -0.4 is 16.6 Å². The molecule has 0 spiro atoms. The molecule has 0 unspecified atom stereocenters. The maximum absolute atomic E-state index is 13.7. The molecule has 2 aromatic carbocycles. The van der Waals surface area contributed by atoms with Crippen molar-refractivity contribution in [3.05, 3.63) is 81.3 Å². The lowest BCUT2D eigenvalue weighted by Gasteiger charge is -2.21. The van der Waals surface area contributed by atoms with Crippen molar-refractivity contribution in [1.29, 1.82) is 0 Å². The van der Waals surface area contributed by atoms with Crippen LogP contribution in [0.15, 0.2) is 69.2 Å². The topological polar surface area (TPSA) is 146 Å². The molecule has 188 valence electrons. The standard InChI is InChI=1S/C24H20ClN7O3S2/c1-13(28-20-15(11-27-23(26)31-20)18-12-36-24(30-18)37(2,34)35)21-29-17-10-6-9-16(25)19(17)22(33)32(21)14-7-4-3-5-8-14/h3-13H,1-2H3,(H3,26,27,28,31)/t13-/m0/s1. The predicted molar refractivity (Wildman–Crippen MR) is 145 cm³/mol. The van der Waals surface area contributed by atoms with Crippen LogP contribution >= 0.6 is 22.9 Å². The zero-order valence-corrected chi connectivity index (χ0v) is 22.0. The summed E-state index contributed by atoms with van der Waals surface area (Å²) in [6, 6.07) is 13.7. The molecule has 0 radical (unpaired) electrons. The number of nitrogen functional groups attached to an aromatic ring is 1. The molecule has 0 bridgehead atoms. The molecule has 13 heteroatoms. The van der Waals surface area contributed by atoms with Crippen LogP contribution in [0.2, 0.25) is 5.02 Å². The number of aromatic nitrogens is 5. The molecule has 3 heterocycles. The minimum absolute atomic E-state index is 0.00992. The first kappa shape index (κ1) is 24.8. The van der Waals surface area contributed by atoms with Gasteiger partial charge >= 0.3 is 0 Å². The predicted octanol–water partition coefficient (Wildman–Crippen LogP) is 4.11. The van der Waals surface area contributed by atoms with E-state index in [4.69, 9.17) is 22.3 Å². The van der Waals surface area contributed by atoms with E-state index in [2.05, 4.69) is 20.3 Å². The van der Waals surface area contributed by atoms with Gasteiger partial charge in [0, 0.05) is 17.8 Å². The van der Waals surface area contributed by atoms with E-state index in [1.165, 1.54) is 10.8 Å². The van der Waals surface area contributed by atoms with Crippen LogP contribution in [0.5, 0.6) is 0 Å². The fourth-order valence-electron chi connectivity index (χ4n) is 3.84. The van der Waals surface area contributed by atoms with Crippen LogP contribution in [-0.2, 0) is 9.84 Å². The van der Waals surface area contributed by atoms with Gasteiger partial charge in [-0.15, -0.1) is 11.3 Å². The van der Waals surface area contributed by atoms with Crippen LogP contribution in [-0.4, -0.2) is 39.2 Å². The molecule has 0 saturated carbocycles. The number of nitrogens with zero attached hydrogens (tertiary/aromatic N) is 5. The van der Waals surface area contributed by atoms with Crippen LogP contribution in [0.3, 0.4) is 0 Å². The summed E-state index contributed by atoms with van der Waals surface area (Å²) in [5.41, 5.74) is 7.44. The Morgan fingerprint density at radius 1 is 1.08 bits per heavy atom. The molecule has 0 amide bonds. The van der Waals surface area contributed by atoms with Gasteiger partial charge in [-0.05, 0) is 31.2 Å². The number of hydrogen-bond acceptors (Lipinski definition) is 10. The van der Waals surface area contributed by atoms with Crippen molar-refractivity contribution in [2.75, 3.05) is 17.3 Å². The van der Waals surface area contributed by atoms with Gasteiger partial charge in [-0.2, -0.15) is 4.98 Å². The molecule has 0 aliphatic rings. The third kappa shape index (κ3) is 4.78. The number of anilines is 2. The molecule has 0 fully saturated rings. The Balaban J connectivity index is 1.65. The van der Waals surface area contributed by atoms with Crippen molar-refractivity contribution in [2.45, 2.75) is 17.3 Å². The fraction of sp³-hybridized carbons (Fsp3) is 0.125. The smallest absolute Gasteiger partial charge is 0.267 e. The second-order valence-electron chi connectivity index (χ2n) is 8.21. The van der Waals surface area contributed by atoms with Gasteiger partial charge < -0.3 is 11.1 Å². The van der Waals surface area contributed by atoms with Crippen molar-refractivity contribution >= 4 is 55.4 Å². The lowest BCUT2D eigenvalue weighted by Crippen LogP contribution is -2.27. The quantitative estimate of drug-likeness (QED) is 0.317. The Morgan fingerprint density at radius 3 is 2.54 bits per heavy atom. The number of fused-ring (bicyclic) bond motifs is 1.